The van der Waals surface area contributed by atoms with Crippen LogP contribution in [0.4, 0.5) is 0 Å². The molecule has 1 fully saturated rings. The number of aromatic nitrogens is 2. The summed E-state index contributed by atoms with van der Waals surface area (Å²) in [6, 6.07) is 9.63. The van der Waals surface area contributed by atoms with Crippen molar-refractivity contribution < 1.29 is 14.6 Å². The van der Waals surface area contributed by atoms with E-state index in [-0.39, 0.29) is 12.5 Å². The number of likely N-dealkylation sites (tertiary alicyclic amines) is 1. The lowest BCUT2D eigenvalue weighted by Crippen LogP contribution is -2.57. The highest BCUT2D eigenvalue weighted by Gasteiger charge is 2.41. The summed E-state index contributed by atoms with van der Waals surface area (Å²) in [5.41, 5.74) is 0.621. The third-order valence-electron chi connectivity index (χ3n) is 4.92. The van der Waals surface area contributed by atoms with Crippen molar-refractivity contribution in [1.29, 1.82) is 0 Å². The van der Waals surface area contributed by atoms with Gasteiger partial charge in [0.2, 0.25) is 0 Å². The highest BCUT2D eigenvalue weighted by atomic mass is 16.5. The molecule has 0 saturated carbocycles. The van der Waals surface area contributed by atoms with Crippen molar-refractivity contribution >= 4 is 5.91 Å². The van der Waals surface area contributed by atoms with Crippen LogP contribution < -0.4 is 10.1 Å². The van der Waals surface area contributed by atoms with Gasteiger partial charge < -0.3 is 20.1 Å². The minimum absolute atomic E-state index is 0.209. The van der Waals surface area contributed by atoms with E-state index < -0.39 is 5.60 Å². The van der Waals surface area contributed by atoms with E-state index in [2.05, 4.69) is 10.4 Å². The number of carbonyl (C=O) groups excluding carboxylic acids is 1. The number of rotatable bonds is 8. The number of hydrogen-bond acceptors (Lipinski definition) is 5. The van der Waals surface area contributed by atoms with E-state index in [1.54, 1.807) is 12.0 Å². The molecule has 3 rings (SSSR count). The molecule has 2 aromatic rings. The van der Waals surface area contributed by atoms with Crippen molar-refractivity contribution in [1.82, 2.24) is 20.0 Å². The molecule has 1 saturated heterocycles. The molecule has 0 aliphatic carbocycles. The summed E-state index contributed by atoms with van der Waals surface area (Å²) in [7, 11) is 1.63. The first-order valence-corrected chi connectivity index (χ1v) is 9.36. The number of hydrogen-bond donors (Lipinski definition) is 2. The van der Waals surface area contributed by atoms with Gasteiger partial charge in [0.15, 0.2) is 5.60 Å². The highest BCUT2D eigenvalue weighted by molar-refractivity contribution is 5.86. The Labute approximate surface area is 159 Å². The van der Waals surface area contributed by atoms with Gasteiger partial charge in [-0.1, -0.05) is 12.1 Å². The molecule has 2 N–H and O–H groups in total. The Hall–Kier alpha value is -2.38. The van der Waals surface area contributed by atoms with Crippen molar-refractivity contribution in [3.05, 3.63) is 47.8 Å². The topological polar surface area (TPSA) is 79.6 Å². The van der Waals surface area contributed by atoms with Crippen molar-refractivity contribution in [2.75, 3.05) is 26.7 Å². The molecule has 1 aromatic heterocycles. The number of amides is 1. The molecule has 0 bridgehead atoms. The van der Waals surface area contributed by atoms with Gasteiger partial charge in [0.1, 0.15) is 5.75 Å². The average molecular weight is 372 g/mol. The van der Waals surface area contributed by atoms with Crippen LogP contribution in [-0.2, 0) is 17.9 Å². The predicted octanol–water partition coefficient (Wildman–Crippen LogP) is 1.34. The Morgan fingerprint density at radius 2 is 2.22 bits per heavy atom. The molecule has 27 heavy (non-hydrogen) atoms. The lowest BCUT2D eigenvalue weighted by atomic mass is 9.91. The molecule has 2 heterocycles. The summed E-state index contributed by atoms with van der Waals surface area (Å²) in [5, 5.41) is 18.4. The molecule has 1 atom stereocenters. The molecule has 0 radical (unpaired) electrons. The van der Waals surface area contributed by atoms with Gasteiger partial charge in [-0.25, -0.2) is 0 Å². The third kappa shape index (κ3) is 4.87. The molecule has 1 amide bonds. The molecule has 1 aliphatic rings. The summed E-state index contributed by atoms with van der Waals surface area (Å²) in [4.78, 5) is 14.6. The van der Waals surface area contributed by atoms with Gasteiger partial charge in [0, 0.05) is 32.4 Å². The molecule has 1 aromatic carbocycles. The Morgan fingerprint density at radius 3 is 2.96 bits per heavy atom. The molecule has 7 heteroatoms. The quantitative estimate of drug-likeness (QED) is 0.684. The Morgan fingerprint density at radius 1 is 1.37 bits per heavy atom. The SMILES string of the molecule is COc1cccc(CN2CCCC(O)(CNCCn3ccc(C)n3)C2=O)c1. The maximum atomic E-state index is 12.9. The largest absolute Gasteiger partial charge is 0.497 e. The number of nitrogens with zero attached hydrogens (tertiary/aromatic N) is 3. The fourth-order valence-electron chi connectivity index (χ4n) is 3.45. The normalized spacial score (nSPS) is 20.1. The zero-order valence-corrected chi connectivity index (χ0v) is 16.0. The average Bonchev–Trinajstić information content (AvgIpc) is 3.08. The van der Waals surface area contributed by atoms with E-state index in [1.165, 1.54) is 0 Å². The van der Waals surface area contributed by atoms with Crippen LogP contribution in [0.15, 0.2) is 36.5 Å². The predicted molar refractivity (Wildman–Crippen MR) is 102 cm³/mol. The number of carbonyl (C=O) groups is 1. The summed E-state index contributed by atoms with van der Waals surface area (Å²) >= 11 is 0. The number of aliphatic hydroxyl groups is 1. The first-order valence-electron chi connectivity index (χ1n) is 9.36. The molecule has 0 spiro atoms. The van der Waals surface area contributed by atoms with Crippen LogP contribution >= 0.6 is 0 Å². The standard InChI is InChI=1S/C20H28N4O3/c1-16-7-11-24(22-16)12-9-21-15-20(26)8-4-10-23(19(20)25)14-17-5-3-6-18(13-17)27-2/h3,5-7,11,13,21,26H,4,8-10,12,14-15H2,1-2H3. The number of benzene rings is 1. The lowest BCUT2D eigenvalue weighted by Gasteiger charge is -2.38. The van der Waals surface area contributed by atoms with Crippen LogP contribution in [0.5, 0.6) is 5.75 Å². The van der Waals surface area contributed by atoms with E-state index in [9.17, 15) is 9.90 Å². The van der Waals surface area contributed by atoms with Crippen LogP contribution in [0.3, 0.4) is 0 Å². The van der Waals surface area contributed by atoms with Crippen LogP contribution in [-0.4, -0.2) is 58.0 Å². The van der Waals surface area contributed by atoms with E-state index in [4.69, 9.17) is 4.74 Å². The van der Waals surface area contributed by atoms with Gasteiger partial charge in [0.25, 0.3) is 5.91 Å². The Kier molecular flexibility index (Phi) is 6.13. The molecule has 1 unspecified atom stereocenters. The third-order valence-corrected chi connectivity index (χ3v) is 4.92. The zero-order chi connectivity index (χ0) is 19.3. The molecule has 7 nitrogen and oxygen atoms in total. The van der Waals surface area contributed by atoms with Crippen LogP contribution in [0, 0.1) is 6.92 Å². The molecule has 1 aliphatic heterocycles. The number of methoxy groups -OCH3 is 1. The van der Waals surface area contributed by atoms with Crippen molar-refractivity contribution in [3.63, 3.8) is 0 Å². The van der Waals surface area contributed by atoms with Crippen LogP contribution in [0.25, 0.3) is 0 Å². The van der Waals surface area contributed by atoms with Gasteiger partial charge in [-0.3, -0.25) is 9.48 Å². The second kappa shape index (κ2) is 8.54. The monoisotopic (exact) mass is 372 g/mol. The molecule has 146 valence electrons. The Balaban J connectivity index is 1.54. The lowest BCUT2D eigenvalue weighted by molar-refractivity contribution is -0.157. The maximum Gasteiger partial charge on any atom is 0.256 e. The smallest absolute Gasteiger partial charge is 0.256 e. The number of ether oxygens (including phenoxy) is 1. The first-order chi connectivity index (χ1) is 13.0. The second-order valence-corrected chi connectivity index (χ2v) is 7.11. The fourth-order valence-corrected chi connectivity index (χ4v) is 3.45. The van der Waals surface area contributed by atoms with Gasteiger partial charge in [-0.2, -0.15) is 5.10 Å². The van der Waals surface area contributed by atoms with E-state index in [0.717, 1.165) is 23.4 Å². The second-order valence-electron chi connectivity index (χ2n) is 7.11. The van der Waals surface area contributed by atoms with Gasteiger partial charge in [-0.05, 0) is 43.5 Å². The first kappa shape index (κ1) is 19.4. The van der Waals surface area contributed by atoms with Crippen molar-refractivity contribution in [3.8, 4) is 5.75 Å². The summed E-state index contributed by atoms with van der Waals surface area (Å²) in [6.45, 7) is 4.68. The van der Waals surface area contributed by atoms with E-state index in [1.807, 2.05) is 48.1 Å². The maximum absolute atomic E-state index is 12.9. The van der Waals surface area contributed by atoms with E-state index >= 15 is 0 Å². The molecular weight excluding hydrogens is 344 g/mol. The van der Waals surface area contributed by atoms with Crippen LogP contribution in [0.2, 0.25) is 0 Å². The highest BCUT2D eigenvalue weighted by Crippen LogP contribution is 2.24. The number of nitrogens with one attached hydrogen (secondary N) is 1. The summed E-state index contributed by atoms with van der Waals surface area (Å²) in [5.74, 6) is 0.557. The van der Waals surface area contributed by atoms with Gasteiger partial charge in [-0.15, -0.1) is 0 Å². The van der Waals surface area contributed by atoms with Gasteiger partial charge >= 0.3 is 0 Å². The number of piperidine rings is 1. The minimum atomic E-state index is -1.35. The fraction of sp³-hybridized carbons (Fsp3) is 0.500. The Bertz CT molecular complexity index is 776. The molecular formula is C20H28N4O3. The van der Waals surface area contributed by atoms with Crippen LogP contribution in [0.1, 0.15) is 24.1 Å². The van der Waals surface area contributed by atoms with Crippen molar-refractivity contribution in [2.24, 2.45) is 0 Å². The summed E-state index contributed by atoms with van der Waals surface area (Å²) < 4.78 is 7.10. The van der Waals surface area contributed by atoms with Crippen molar-refractivity contribution in [2.45, 2.75) is 38.5 Å². The zero-order valence-electron chi connectivity index (χ0n) is 16.0. The summed E-state index contributed by atoms with van der Waals surface area (Å²) in [6.07, 6.45) is 3.19. The van der Waals surface area contributed by atoms with Gasteiger partial charge in [0.05, 0.1) is 19.3 Å². The minimum Gasteiger partial charge on any atom is -0.497 e. The number of aryl methyl sites for hydroxylation is 1. The van der Waals surface area contributed by atoms with E-state index in [0.29, 0.717) is 32.6 Å².